The Balaban J connectivity index is 1.92. The first kappa shape index (κ1) is 21.7. The van der Waals surface area contributed by atoms with Crippen molar-refractivity contribution in [1.82, 2.24) is 0 Å². The summed E-state index contributed by atoms with van der Waals surface area (Å²) in [6, 6.07) is 11.8. The maximum absolute atomic E-state index is 12.0. The van der Waals surface area contributed by atoms with Crippen LogP contribution in [-0.4, -0.2) is 38.0 Å². The van der Waals surface area contributed by atoms with Crippen molar-refractivity contribution in [2.75, 3.05) is 25.6 Å². The predicted octanol–water partition coefficient (Wildman–Crippen LogP) is 3.49. The normalized spacial score (nSPS) is 10.4. The standard InChI is InChI=1S/C22H23NO6/c1-4-28-20-13-16(9-11-19(20)27-3)10-12-22(26)29-14-21(25)23-18-8-6-5-7-17(18)15(2)24/h5-13H,4,14H2,1-3H3,(H,23,25)/b12-10+. The van der Waals surface area contributed by atoms with Crippen LogP contribution in [0.5, 0.6) is 11.5 Å². The number of amides is 1. The molecule has 0 radical (unpaired) electrons. The van der Waals surface area contributed by atoms with Crippen LogP contribution in [0, 0.1) is 0 Å². The second-order valence-corrected chi connectivity index (χ2v) is 5.93. The molecule has 0 saturated carbocycles. The Morgan fingerprint density at radius 3 is 2.52 bits per heavy atom. The number of ether oxygens (including phenoxy) is 3. The van der Waals surface area contributed by atoms with Crippen molar-refractivity contribution in [3.8, 4) is 11.5 Å². The van der Waals surface area contributed by atoms with Gasteiger partial charge >= 0.3 is 5.97 Å². The maximum Gasteiger partial charge on any atom is 0.331 e. The van der Waals surface area contributed by atoms with Gasteiger partial charge in [0.05, 0.1) is 19.4 Å². The highest BCUT2D eigenvalue weighted by molar-refractivity contribution is 6.04. The highest BCUT2D eigenvalue weighted by Gasteiger charge is 2.11. The lowest BCUT2D eigenvalue weighted by molar-refractivity contribution is -0.142. The zero-order chi connectivity index (χ0) is 21.2. The summed E-state index contributed by atoms with van der Waals surface area (Å²) >= 11 is 0. The van der Waals surface area contributed by atoms with Crippen molar-refractivity contribution in [3.05, 3.63) is 59.7 Å². The molecule has 2 aromatic rings. The molecule has 7 nitrogen and oxygen atoms in total. The lowest BCUT2D eigenvalue weighted by Crippen LogP contribution is -2.21. The van der Waals surface area contributed by atoms with Crippen molar-refractivity contribution >= 4 is 29.4 Å². The van der Waals surface area contributed by atoms with Gasteiger partial charge in [0.2, 0.25) is 0 Å². The van der Waals surface area contributed by atoms with E-state index in [1.807, 2.05) is 6.92 Å². The molecule has 0 aromatic heterocycles. The molecular formula is C22H23NO6. The quantitative estimate of drug-likeness (QED) is 0.396. The Labute approximate surface area is 169 Å². The summed E-state index contributed by atoms with van der Waals surface area (Å²) < 4.78 is 15.6. The number of esters is 1. The Hall–Kier alpha value is -3.61. The van der Waals surface area contributed by atoms with Crippen LogP contribution in [-0.2, 0) is 14.3 Å². The van der Waals surface area contributed by atoms with Gasteiger partial charge in [0.1, 0.15) is 0 Å². The highest BCUT2D eigenvalue weighted by Crippen LogP contribution is 2.28. The zero-order valence-corrected chi connectivity index (χ0v) is 16.6. The third kappa shape index (κ3) is 6.49. The molecule has 0 unspecified atom stereocenters. The summed E-state index contributed by atoms with van der Waals surface area (Å²) in [5, 5.41) is 2.56. The fourth-order valence-electron chi connectivity index (χ4n) is 2.50. The van der Waals surface area contributed by atoms with Gasteiger partial charge in [-0.2, -0.15) is 0 Å². The van der Waals surface area contributed by atoms with E-state index in [1.165, 1.54) is 13.0 Å². The number of carbonyl (C=O) groups excluding carboxylic acids is 3. The first-order valence-corrected chi connectivity index (χ1v) is 9.00. The van der Waals surface area contributed by atoms with E-state index in [0.717, 1.165) is 0 Å². The molecule has 1 amide bonds. The van der Waals surface area contributed by atoms with Crippen molar-refractivity contribution in [2.24, 2.45) is 0 Å². The summed E-state index contributed by atoms with van der Waals surface area (Å²) in [6.45, 7) is 3.28. The van der Waals surface area contributed by atoms with E-state index in [-0.39, 0.29) is 5.78 Å². The van der Waals surface area contributed by atoms with Gasteiger partial charge in [-0.1, -0.05) is 18.2 Å². The van der Waals surface area contributed by atoms with Gasteiger partial charge in [0.15, 0.2) is 23.9 Å². The van der Waals surface area contributed by atoms with E-state index in [9.17, 15) is 14.4 Å². The number of benzene rings is 2. The molecule has 0 heterocycles. The van der Waals surface area contributed by atoms with Gasteiger partial charge in [-0.05, 0) is 49.8 Å². The summed E-state index contributed by atoms with van der Waals surface area (Å²) in [6.07, 6.45) is 2.77. The molecular weight excluding hydrogens is 374 g/mol. The Morgan fingerprint density at radius 2 is 1.83 bits per heavy atom. The predicted molar refractivity (Wildman–Crippen MR) is 109 cm³/mol. The lowest BCUT2D eigenvalue weighted by atomic mass is 10.1. The van der Waals surface area contributed by atoms with Crippen molar-refractivity contribution in [1.29, 1.82) is 0 Å². The summed E-state index contributed by atoms with van der Waals surface area (Å²) in [5.41, 5.74) is 1.47. The minimum atomic E-state index is -0.672. The molecule has 2 rings (SSSR count). The molecule has 0 aliphatic rings. The fourth-order valence-corrected chi connectivity index (χ4v) is 2.50. The molecule has 0 aliphatic heterocycles. The molecule has 7 heteroatoms. The number of para-hydroxylation sites is 1. The van der Waals surface area contributed by atoms with Crippen LogP contribution >= 0.6 is 0 Å². The number of Topliss-reactive ketones (excluding diaryl/α,β-unsaturated/α-hetero) is 1. The van der Waals surface area contributed by atoms with Gasteiger partial charge < -0.3 is 19.5 Å². The minimum Gasteiger partial charge on any atom is -0.493 e. The molecule has 0 aliphatic carbocycles. The van der Waals surface area contributed by atoms with Gasteiger partial charge in [-0.15, -0.1) is 0 Å². The number of hydrogen-bond donors (Lipinski definition) is 1. The Morgan fingerprint density at radius 1 is 1.07 bits per heavy atom. The third-order valence-corrected chi connectivity index (χ3v) is 3.83. The smallest absolute Gasteiger partial charge is 0.331 e. The van der Waals surface area contributed by atoms with E-state index >= 15 is 0 Å². The highest BCUT2D eigenvalue weighted by atomic mass is 16.5. The van der Waals surface area contributed by atoms with E-state index in [0.29, 0.717) is 34.9 Å². The SMILES string of the molecule is CCOc1cc(/C=C/C(=O)OCC(=O)Nc2ccccc2C(C)=O)ccc1OC. The number of carbonyl (C=O) groups is 3. The molecule has 1 N–H and O–H groups in total. The van der Waals surface area contributed by atoms with E-state index in [1.54, 1.807) is 55.7 Å². The van der Waals surface area contributed by atoms with Crippen LogP contribution < -0.4 is 14.8 Å². The van der Waals surface area contributed by atoms with Gasteiger partial charge in [-0.25, -0.2) is 4.79 Å². The van der Waals surface area contributed by atoms with E-state index in [4.69, 9.17) is 14.2 Å². The minimum absolute atomic E-state index is 0.174. The van der Waals surface area contributed by atoms with Gasteiger partial charge in [0, 0.05) is 11.6 Å². The van der Waals surface area contributed by atoms with Crippen molar-refractivity contribution in [2.45, 2.75) is 13.8 Å². The van der Waals surface area contributed by atoms with Gasteiger partial charge in [-0.3, -0.25) is 9.59 Å². The molecule has 2 aromatic carbocycles. The number of hydrogen-bond acceptors (Lipinski definition) is 6. The average Bonchev–Trinajstić information content (AvgIpc) is 2.71. The number of ketones is 1. The van der Waals surface area contributed by atoms with Crippen LogP contribution in [0.2, 0.25) is 0 Å². The largest absolute Gasteiger partial charge is 0.493 e. The number of rotatable bonds is 9. The van der Waals surface area contributed by atoms with E-state index < -0.39 is 18.5 Å². The van der Waals surface area contributed by atoms with Crippen molar-refractivity contribution < 1.29 is 28.6 Å². The Bertz CT molecular complexity index is 919. The lowest BCUT2D eigenvalue weighted by Gasteiger charge is -2.09. The Kier molecular flexibility index (Phi) is 7.97. The van der Waals surface area contributed by atoms with Crippen LogP contribution in [0.25, 0.3) is 6.08 Å². The monoisotopic (exact) mass is 397 g/mol. The molecule has 29 heavy (non-hydrogen) atoms. The average molecular weight is 397 g/mol. The van der Waals surface area contributed by atoms with E-state index in [2.05, 4.69) is 5.32 Å². The number of nitrogens with one attached hydrogen (secondary N) is 1. The summed E-state index contributed by atoms with van der Waals surface area (Å²) in [4.78, 5) is 35.5. The zero-order valence-electron chi connectivity index (χ0n) is 16.6. The molecule has 0 saturated heterocycles. The number of anilines is 1. The molecule has 0 spiro atoms. The maximum atomic E-state index is 12.0. The second-order valence-electron chi connectivity index (χ2n) is 5.93. The topological polar surface area (TPSA) is 90.9 Å². The first-order chi connectivity index (χ1) is 13.9. The molecule has 152 valence electrons. The van der Waals surface area contributed by atoms with Crippen LogP contribution in [0.15, 0.2) is 48.5 Å². The van der Waals surface area contributed by atoms with Crippen LogP contribution in [0.1, 0.15) is 29.8 Å². The molecule has 0 atom stereocenters. The number of methoxy groups -OCH3 is 1. The van der Waals surface area contributed by atoms with Gasteiger partial charge in [0.25, 0.3) is 5.91 Å². The third-order valence-electron chi connectivity index (χ3n) is 3.83. The second kappa shape index (κ2) is 10.7. The molecule has 0 fully saturated rings. The fraction of sp³-hybridized carbons (Fsp3) is 0.227. The first-order valence-electron chi connectivity index (χ1n) is 9.00. The van der Waals surface area contributed by atoms with Crippen molar-refractivity contribution in [3.63, 3.8) is 0 Å². The molecule has 0 bridgehead atoms. The van der Waals surface area contributed by atoms with Crippen LogP contribution in [0.3, 0.4) is 0 Å². The van der Waals surface area contributed by atoms with Crippen LogP contribution in [0.4, 0.5) is 5.69 Å². The summed E-state index contributed by atoms with van der Waals surface area (Å²) in [7, 11) is 1.55. The summed E-state index contributed by atoms with van der Waals surface area (Å²) in [5.74, 6) is -0.229.